The van der Waals surface area contributed by atoms with E-state index in [1.54, 1.807) is 17.2 Å². The molecule has 1 aliphatic rings. The van der Waals surface area contributed by atoms with E-state index in [0.29, 0.717) is 17.6 Å². The fourth-order valence-corrected chi connectivity index (χ4v) is 4.34. The summed E-state index contributed by atoms with van der Waals surface area (Å²) in [7, 11) is 1.82. The zero-order valence-corrected chi connectivity index (χ0v) is 19.0. The maximum absolute atomic E-state index is 12.7. The second-order valence-corrected chi connectivity index (χ2v) is 8.41. The summed E-state index contributed by atoms with van der Waals surface area (Å²) in [6.07, 6.45) is 1.69. The van der Waals surface area contributed by atoms with Crippen molar-refractivity contribution in [3.8, 4) is 0 Å². The molecule has 0 spiro atoms. The first-order valence-corrected chi connectivity index (χ1v) is 10.9. The summed E-state index contributed by atoms with van der Waals surface area (Å²) in [4.78, 5) is 25.5. The number of benzene rings is 2. The van der Waals surface area contributed by atoms with Crippen LogP contribution in [-0.2, 0) is 4.79 Å². The van der Waals surface area contributed by atoms with Crippen LogP contribution in [0.1, 0.15) is 20.8 Å². The first-order chi connectivity index (χ1) is 15.9. The highest BCUT2D eigenvalue weighted by Crippen LogP contribution is 2.39. The van der Waals surface area contributed by atoms with Gasteiger partial charge in [-0.15, -0.1) is 0 Å². The smallest absolute Gasteiger partial charge is 0.249 e. The van der Waals surface area contributed by atoms with Crippen molar-refractivity contribution in [2.75, 3.05) is 27.5 Å². The highest BCUT2D eigenvalue weighted by molar-refractivity contribution is 6.05. The molecule has 1 unspecified atom stereocenters. The minimum absolute atomic E-state index is 0.0879. The molecule has 9 heteroatoms. The molecule has 1 atom stereocenters. The van der Waals surface area contributed by atoms with Gasteiger partial charge in [0.2, 0.25) is 11.9 Å². The van der Waals surface area contributed by atoms with E-state index in [-0.39, 0.29) is 18.0 Å². The molecule has 168 valence electrons. The van der Waals surface area contributed by atoms with Crippen LogP contribution in [0.15, 0.2) is 54.7 Å². The van der Waals surface area contributed by atoms with Gasteiger partial charge in [0.05, 0.1) is 16.9 Å². The maximum Gasteiger partial charge on any atom is 0.249 e. The summed E-state index contributed by atoms with van der Waals surface area (Å²) >= 11 is 0. The fourth-order valence-electron chi connectivity index (χ4n) is 4.34. The third-order valence-corrected chi connectivity index (χ3v) is 5.91. The number of likely N-dealkylation sites (N-methyl/N-ethyl adjacent to an activating group) is 1. The largest absolute Gasteiger partial charge is 0.356 e. The Morgan fingerprint density at radius 2 is 1.88 bits per heavy atom. The fraction of sp³-hybridized carbons (Fsp3) is 0.250. The minimum Gasteiger partial charge on any atom is -0.356 e. The van der Waals surface area contributed by atoms with Crippen LogP contribution in [0.25, 0.3) is 10.9 Å². The number of aromatic nitrogens is 4. The molecule has 0 bridgehead atoms. The number of fused-ring (bicyclic) bond motifs is 2. The van der Waals surface area contributed by atoms with Crippen molar-refractivity contribution in [1.82, 2.24) is 20.2 Å². The van der Waals surface area contributed by atoms with Gasteiger partial charge in [-0.05, 0) is 57.2 Å². The van der Waals surface area contributed by atoms with Crippen molar-refractivity contribution in [3.63, 3.8) is 0 Å². The van der Waals surface area contributed by atoms with E-state index in [1.165, 1.54) is 0 Å². The average molecular weight is 443 g/mol. The SMILES string of the molecule is CC(C)N1c2cc(Nc3nccc(Nc4n[nH]c5ccccc45)n3)ccc2N(C)C(=O)C1C. The first-order valence-electron chi connectivity index (χ1n) is 10.9. The van der Waals surface area contributed by atoms with E-state index in [1.807, 2.05) is 56.4 Å². The predicted molar refractivity (Wildman–Crippen MR) is 132 cm³/mol. The molecule has 3 heterocycles. The van der Waals surface area contributed by atoms with E-state index >= 15 is 0 Å². The standard InChI is InChI=1S/C24H26N8O/c1-14(2)32-15(3)23(33)31(4)19-10-9-16(13-20(19)32)26-24-25-12-11-21(28-24)27-22-17-7-5-6-8-18(17)29-30-22/h5-15H,1-4H3,(H3,25,26,27,28,29,30). The van der Waals surface area contributed by atoms with Gasteiger partial charge < -0.3 is 20.4 Å². The van der Waals surface area contributed by atoms with Crippen molar-refractivity contribution < 1.29 is 4.79 Å². The van der Waals surface area contributed by atoms with Gasteiger partial charge >= 0.3 is 0 Å². The Hall–Kier alpha value is -4.14. The van der Waals surface area contributed by atoms with Crippen molar-refractivity contribution in [3.05, 3.63) is 54.7 Å². The Morgan fingerprint density at radius 3 is 2.70 bits per heavy atom. The maximum atomic E-state index is 12.7. The quantitative estimate of drug-likeness (QED) is 0.420. The van der Waals surface area contributed by atoms with Crippen LogP contribution in [0.5, 0.6) is 0 Å². The van der Waals surface area contributed by atoms with Gasteiger partial charge in [0.1, 0.15) is 11.9 Å². The van der Waals surface area contributed by atoms with Crippen LogP contribution in [0.3, 0.4) is 0 Å². The number of anilines is 6. The number of H-pyrrole nitrogens is 1. The second-order valence-electron chi connectivity index (χ2n) is 8.41. The molecule has 0 saturated carbocycles. The highest BCUT2D eigenvalue weighted by atomic mass is 16.2. The van der Waals surface area contributed by atoms with Crippen LogP contribution < -0.4 is 20.4 Å². The topological polar surface area (TPSA) is 102 Å². The molecular weight excluding hydrogens is 416 g/mol. The van der Waals surface area contributed by atoms with E-state index in [9.17, 15) is 4.79 Å². The molecule has 4 aromatic rings. The first kappa shape index (κ1) is 20.7. The summed E-state index contributed by atoms with van der Waals surface area (Å²) in [5, 5.41) is 14.9. The van der Waals surface area contributed by atoms with Gasteiger partial charge in [-0.2, -0.15) is 10.1 Å². The molecule has 0 saturated heterocycles. The molecule has 2 aromatic heterocycles. The summed E-state index contributed by atoms with van der Waals surface area (Å²) in [6, 6.07) is 15.6. The number of para-hydroxylation sites is 1. The summed E-state index contributed by atoms with van der Waals surface area (Å²) in [5.41, 5.74) is 3.69. The molecule has 0 aliphatic carbocycles. The molecule has 9 nitrogen and oxygen atoms in total. The average Bonchev–Trinajstić information content (AvgIpc) is 3.20. The number of hydrogen-bond donors (Lipinski definition) is 3. The van der Waals surface area contributed by atoms with Crippen LogP contribution in [0.2, 0.25) is 0 Å². The molecule has 0 radical (unpaired) electrons. The lowest BCUT2D eigenvalue weighted by Gasteiger charge is -2.42. The highest BCUT2D eigenvalue weighted by Gasteiger charge is 2.34. The lowest BCUT2D eigenvalue weighted by molar-refractivity contribution is -0.119. The predicted octanol–water partition coefficient (Wildman–Crippen LogP) is 4.42. The molecule has 0 fully saturated rings. The lowest BCUT2D eigenvalue weighted by Crippen LogP contribution is -2.53. The monoisotopic (exact) mass is 442 g/mol. The number of nitrogens with one attached hydrogen (secondary N) is 3. The Balaban J connectivity index is 1.42. The Morgan fingerprint density at radius 1 is 1.06 bits per heavy atom. The van der Waals surface area contributed by atoms with Gasteiger partial charge in [0.15, 0.2) is 5.82 Å². The number of hydrogen-bond acceptors (Lipinski definition) is 7. The van der Waals surface area contributed by atoms with Gasteiger partial charge in [-0.25, -0.2) is 4.98 Å². The number of carbonyl (C=O) groups excluding carboxylic acids is 1. The zero-order chi connectivity index (χ0) is 23.1. The molecule has 1 amide bonds. The van der Waals surface area contributed by atoms with E-state index in [0.717, 1.165) is 28.0 Å². The number of carbonyl (C=O) groups is 1. The molecular formula is C24H26N8O. The van der Waals surface area contributed by atoms with Gasteiger partial charge in [0.25, 0.3) is 0 Å². The summed E-state index contributed by atoms with van der Waals surface area (Å²) in [5.74, 6) is 1.89. The second kappa shape index (κ2) is 8.09. The molecule has 5 rings (SSSR count). The van der Waals surface area contributed by atoms with Crippen LogP contribution >= 0.6 is 0 Å². The molecule has 2 aromatic carbocycles. The van der Waals surface area contributed by atoms with E-state index in [4.69, 9.17) is 0 Å². The zero-order valence-electron chi connectivity index (χ0n) is 19.0. The number of nitrogens with zero attached hydrogens (tertiary/aromatic N) is 5. The van der Waals surface area contributed by atoms with Crippen molar-refractivity contribution in [2.24, 2.45) is 0 Å². The van der Waals surface area contributed by atoms with E-state index in [2.05, 4.69) is 49.5 Å². The Kier molecular flexibility index (Phi) is 5.08. The molecule has 1 aliphatic heterocycles. The Labute approximate surface area is 191 Å². The summed E-state index contributed by atoms with van der Waals surface area (Å²) in [6.45, 7) is 6.13. The molecule has 33 heavy (non-hydrogen) atoms. The number of rotatable bonds is 5. The van der Waals surface area contributed by atoms with Crippen LogP contribution in [0.4, 0.5) is 34.6 Å². The number of amides is 1. The van der Waals surface area contributed by atoms with Gasteiger partial charge in [0, 0.05) is 30.4 Å². The third-order valence-electron chi connectivity index (χ3n) is 5.91. The van der Waals surface area contributed by atoms with Crippen molar-refractivity contribution in [2.45, 2.75) is 32.9 Å². The van der Waals surface area contributed by atoms with Crippen LogP contribution in [0, 0.1) is 0 Å². The van der Waals surface area contributed by atoms with E-state index < -0.39 is 0 Å². The van der Waals surface area contributed by atoms with Crippen molar-refractivity contribution >= 4 is 51.5 Å². The number of aromatic amines is 1. The lowest BCUT2D eigenvalue weighted by atomic mass is 10.0. The normalized spacial score (nSPS) is 15.8. The summed E-state index contributed by atoms with van der Waals surface area (Å²) < 4.78 is 0. The molecule has 3 N–H and O–H groups in total. The third kappa shape index (κ3) is 3.71. The Bertz CT molecular complexity index is 1330. The van der Waals surface area contributed by atoms with Gasteiger partial charge in [-0.3, -0.25) is 9.89 Å². The van der Waals surface area contributed by atoms with Crippen molar-refractivity contribution in [1.29, 1.82) is 0 Å². The van der Waals surface area contributed by atoms with Crippen LogP contribution in [-0.4, -0.2) is 45.2 Å². The van der Waals surface area contributed by atoms with Gasteiger partial charge in [-0.1, -0.05) is 12.1 Å². The minimum atomic E-state index is -0.231.